The molecule has 3 aromatic carbocycles. The molecule has 1 fully saturated rings. The number of β-amino-alcohol motifs (C(OH)–C–C–N with tert-alkyl or cyclic N) is 1. The van der Waals surface area contributed by atoms with Crippen LogP contribution in [0, 0.1) is 0 Å². The summed E-state index contributed by atoms with van der Waals surface area (Å²) in [6.07, 6.45) is 5.24. The molecule has 0 spiro atoms. The number of carboxylic acid groups (broad SMARTS) is 1. The van der Waals surface area contributed by atoms with Gasteiger partial charge in [0.25, 0.3) is 0 Å². The van der Waals surface area contributed by atoms with E-state index in [1.807, 2.05) is 60.7 Å². The van der Waals surface area contributed by atoms with Crippen molar-refractivity contribution in [2.45, 2.75) is 62.0 Å². The number of aliphatic carboxylic acids is 1. The molecule has 2 aliphatic rings. The molecule has 316 valence electrons. The van der Waals surface area contributed by atoms with Gasteiger partial charge in [0.1, 0.15) is 35.6 Å². The average Bonchev–Trinajstić information content (AvgIpc) is 3.85. The van der Waals surface area contributed by atoms with Crippen LogP contribution in [0.4, 0.5) is 0 Å². The zero-order valence-electron chi connectivity index (χ0n) is 33.1. The minimum atomic E-state index is -3.53. The van der Waals surface area contributed by atoms with Crippen LogP contribution in [-0.4, -0.2) is 95.3 Å². The van der Waals surface area contributed by atoms with E-state index in [2.05, 4.69) is 20.2 Å². The molecule has 0 radical (unpaired) electrons. The van der Waals surface area contributed by atoms with Crippen LogP contribution < -0.4 is 19.5 Å². The van der Waals surface area contributed by atoms with Crippen molar-refractivity contribution in [3.05, 3.63) is 117 Å². The maximum Gasteiger partial charge on any atom is 0.326 e. The number of aliphatic hydroxyl groups is 2. The Morgan fingerprint density at radius 3 is 2.45 bits per heavy atom. The number of carbonyl (C=O) groups is 1. The van der Waals surface area contributed by atoms with Gasteiger partial charge in [-0.1, -0.05) is 71.7 Å². The van der Waals surface area contributed by atoms with E-state index in [0.29, 0.717) is 42.1 Å². The monoisotopic (exact) mass is 876 g/mol. The molecular formula is C44H46Cl2N4O9S. The highest BCUT2D eigenvalue weighted by molar-refractivity contribution is 7.90. The summed E-state index contributed by atoms with van der Waals surface area (Å²) < 4.78 is 42.9. The topological polar surface area (TPSA) is 181 Å². The van der Waals surface area contributed by atoms with Crippen LogP contribution in [-0.2, 0) is 34.2 Å². The van der Waals surface area contributed by atoms with E-state index < -0.39 is 34.1 Å². The predicted molar refractivity (Wildman–Crippen MR) is 227 cm³/mol. The Kier molecular flexibility index (Phi) is 13.3. The number of hydrogen-bond acceptors (Lipinski definition) is 12. The molecule has 1 aliphatic heterocycles. The standard InChI is InChI=1S/C44H46Cl2N4O9S/c1-44(26-51,43(53)54)48-22-29-20-38(45)42(49-41(29)58-25-27-19-32(23-47-21-27)60(2,55)56)59-39-14-13-35-34(6-4-7-36(35)39)37-8-3-5-33(40(37)46)28-9-11-31(12-10-28)57-18-17-50-16-15-30(52)24-50/h3-12,19-21,23,30,39,48,51-52H,13-18,22,24-26H2,1-2H3,(H,53,54)/t30-,39+,44+/m1/s1. The number of aromatic nitrogens is 2. The first-order chi connectivity index (χ1) is 28.7. The Morgan fingerprint density at radius 2 is 1.73 bits per heavy atom. The molecule has 1 saturated heterocycles. The quantitative estimate of drug-likeness (QED) is 0.0792. The summed E-state index contributed by atoms with van der Waals surface area (Å²) in [5.41, 5.74) is 4.91. The van der Waals surface area contributed by atoms with Crippen molar-refractivity contribution in [3.63, 3.8) is 0 Å². The normalized spacial score (nSPS) is 17.6. The second-order valence-corrected chi connectivity index (χ2v) is 18.1. The summed E-state index contributed by atoms with van der Waals surface area (Å²) in [4.78, 5) is 22.8. The fourth-order valence-corrected chi connectivity index (χ4v) is 8.52. The Balaban J connectivity index is 1.11. The highest BCUT2D eigenvalue weighted by Gasteiger charge is 2.33. The Bertz CT molecular complexity index is 2470. The Morgan fingerprint density at radius 1 is 0.983 bits per heavy atom. The number of aliphatic hydroxyl groups excluding tert-OH is 2. The van der Waals surface area contributed by atoms with Gasteiger partial charge in [-0.05, 0) is 72.7 Å². The second-order valence-electron chi connectivity index (χ2n) is 15.3. The summed E-state index contributed by atoms with van der Waals surface area (Å²) in [6, 6.07) is 22.9. The number of rotatable bonds is 17. The fourth-order valence-electron chi connectivity index (χ4n) is 7.34. The molecule has 13 nitrogen and oxygen atoms in total. The molecule has 4 N–H and O–H groups in total. The number of hydrogen-bond donors (Lipinski definition) is 4. The van der Waals surface area contributed by atoms with Gasteiger partial charge in [0.15, 0.2) is 9.84 Å². The number of fused-ring (bicyclic) bond motifs is 1. The van der Waals surface area contributed by atoms with Crippen LogP contribution in [0.3, 0.4) is 0 Å². The van der Waals surface area contributed by atoms with E-state index in [0.717, 1.165) is 64.9 Å². The van der Waals surface area contributed by atoms with Crippen LogP contribution in [0.2, 0.25) is 10.0 Å². The van der Waals surface area contributed by atoms with Crippen molar-refractivity contribution in [1.82, 2.24) is 20.2 Å². The summed E-state index contributed by atoms with van der Waals surface area (Å²) in [5, 5.41) is 32.9. The van der Waals surface area contributed by atoms with Crippen LogP contribution in [0.15, 0.2) is 90.1 Å². The van der Waals surface area contributed by atoms with Crippen molar-refractivity contribution in [1.29, 1.82) is 0 Å². The van der Waals surface area contributed by atoms with E-state index in [-0.39, 0.29) is 40.9 Å². The molecule has 0 saturated carbocycles. The van der Waals surface area contributed by atoms with Gasteiger partial charge in [0.05, 0.1) is 22.6 Å². The predicted octanol–water partition coefficient (Wildman–Crippen LogP) is 6.54. The smallest absolute Gasteiger partial charge is 0.326 e. The first-order valence-electron chi connectivity index (χ1n) is 19.5. The maximum atomic E-state index is 12.2. The summed E-state index contributed by atoms with van der Waals surface area (Å²) >= 11 is 14.0. The van der Waals surface area contributed by atoms with Crippen molar-refractivity contribution in [2.24, 2.45) is 0 Å². The first kappa shape index (κ1) is 43.3. The van der Waals surface area contributed by atoms with Crippen molar-refractivity contribution in [2.75, 3.05) is 39.1 Å². The van der Waals surface area contributed by atoms with E-state index in [1.165, 1.54) is 25.4 Å². The lowest BCUT2D eigenvalue weighted by Crippen LogP contribution is -2.52. The van der Waals surface area contributed by atoms with Crippen LogP contribution in [0.1, 0.15) is 48.1 Å². The number of ether oxygens (including phenoxy) is 3. The molecule has 3 heterocycles. The van der Waals surface area contributed by atoms with Gasteiger partial charge >= 0.3 is 5.97 Å². The molecule has 1 aliphatic carbocycles. The van der Waals surface area contributed by atoms with Crippen molar-refractivity contribution in [3.8, 4) is 39.8 Å². The fraction of sp³-hybridized carbons (Fsp3) is 0.341. The van der Waals surface area contributed by atoms with Gasteiger partial charge < -0.3 is 29.5 Å². The third kappa shape index (κ3) is 9.87. The zero-order chi connectivity index (χ0) is 42.6. The molecule has 5 aromatic rings. The Labute approximate surface area is 358 Å². The lowest BCUT2D eigenvalue weighted by atomic mass is 9.94. The van der Waals surface area contributed by atoms with Gasteiger partial charge in [0.2, 0.25) is 11.8 Å². The van der Waals surface area contributed by atoms with Crippen molar-refractivity contribution >= 4 is 39.0 Å². The van der Waals surface area contributed by atoms with Crippen molar-refractivity contribution < 1.29 is 42.7 Å². The molecule has 60 heavy (non-hydrogen) atoms. The summed E-state index contributed by atoms with van der Waals surface area (Å²) in [5.74, 6) is -0.340. The van der Waals surface area contributed by atoms with Gasteiger partial charge in [0, 0.05) is 67.1 Å². The molecule has 2 aromatic heterocycles. The number of nitrogens with zero attached hydrogens (tertiary/aromatic N) is 3. The third-order valence-electron chi connectivity index (χ3n) is 10.9. The number of sulfone groups is 1. The molecule has 0 amide bonds. The molecule has 0 unspecified atom stereocenters. The van der Waals surface area contributed by atoms with E-state index >= 15 is 0 Å². The number of benzene rings is 3. The summed E-state index contributed by atoms with van der Waals surface area (Å²) in [7, 11) is -3.53. The van der Waals surface area contributed by atoms with Gasteiger partial charge in [-0.3, -0.25) is 20.0 Å². The maximum absolute atomic E-state index is 12.2. The summed E-state index contributed by atoms with van der Waals surface area (Å²) in [6.45, 7) is 3.31. The number of carboxylic acids is 1. The van der Waals surface area contributed by atoms with Gasteiger partial charge in [-0.25, -0.2) is 8.42 Å². The molecule has 16 heteroatoms. The first-order valence-corrected chi connectivity index (χ1v) is 22.1. The number of nitrogens with one attached hydrogen (secondary N) is 1. The third-order valence-corrected chi connectivity index (χ3v) is 12.6. The van der Waals surface area contributed by atoms with E-state index in [9.17, 15) is 28.5 Å². The van der Waals surface area contributed by atoms with Crippen LogP contribution >= 0.6 is 23.2 Å². The lowest BCUT2D eigenvalue weighted by molar-refractivity contribution is -0.145. The van der Waals surface area contributed by atoms with E-state index in [4.69, 9.17) is 37.4 Å². The lowest BCUT2D eigenvalue weighted by Gasteiger charge is -2.24. The zero-order valence-corrected chi connectivity index (χ0v) is 35.4. The average molecular weight is 878 g/mol. The second kappa shape index (κ2) is 18.4. The van der Waals surface area contributed by atoms with E-state index in [1.54, 1.807) is 6.07 Å². The Hall–Kier alpha value is -4.80. The highest BCUT2D eigenvalue weighted by Crippen LogP contribution is 2.45. The SMILES string of the molecule is C[C@@](CO)(NCc1cc(Cl)c(O[C@H]2CCc3c(-c4cccc(-c5ccc(OCCN6CC[C@@H](O)C6)cc5)c4Cl)cccc32)nc1OCc1cncc(S(C)(=O)=O)c1)C(=O)O. The minimum absolute atomic E-state index is 0.0255. The molecule has 3 atom stereocenters. The number of pyridine rings is 2. The minimum Gasteiger partial charge on any atom is -0.492 e. The number of likely N-dealkylation sites (tertiary alicyclic amines) is 1. The largest absolute Gasteiger partial charge is 0.492 e. The van der Waals surface area contributed by atoms with Crippen LogP contribution in [0.5, 0.6) is 17.5 Å². The number of halogens is 2. The highest BCUT2D eigenvalue weighted by atomic mass is 35.5. The molecular weight excluding hydrogens is 831 g/mol. The van der Waals surface area contributed by atoms with Crippen LogP contribution in [0.25, 0.3) is 22.3 Å². The van der Waals surface area contributed by atoms with Gasteiger partial charge in [-0.2, -0.15) is 4.98 Å². The molecule has 0 bridgehead atoms. The van der Waals surface area contributed by atoms with Gasteiger partial charge in [-0.15, -0.1) is 0 Å². The molecule has 7 rings (SSSR count).